The van der Waals surface area contributed by atoms with E-state index in [1.54, 1.807) is 0 Å². The van der Waals surface area contributed by atoms with Crippen LogP contribution in [0.15, 0.2) is 23.1 Å². The number of hydrogen-bond donors (Lipinski definition) is 1. The fraction of sp³-hybridized carbons (Fsp3) is 0.650. The fourth-order valence-corrected chi connectivity index (χ4v) is 5.62. The van der Waals surface area contributed by atoms with E-state index in [1.807, 2.05) is 0 Å². The van der Waals surface area contributed by atoms with Crippen molar-refractivity contribution in [3.8, 4) is 0 Å². The van der Waals surface area contributed by atoms with Crippen LogP contribution in [0.2, 0.25) is 5.02 Å². The van der Waals surface area contributed by atoms with Crippen molar-refractivity contribution in [1.82, 2.24) is 19.4 Å². The molecule has 0 unspecified atom stereocenters. The molecule has 7 nitrogen and oxygen atoms in total. The molecule has 0 aliphatic carbocycles. The Morgan fingerprint density at radius 1 is 1.17 bits per heavy atom. The summed E-state index contributed by atoms with van der Waals surface area (Å²) in [4.78, 5) is 17.1. The molecule has 0 bridgehead atoms. The number of halogens is 2. The third-order valence-electron chi connectivity index (χ3n) is 5.90. The van der Waals surface area contributed by atoms with Crippen molar-refractivity contribution in [2.45, 2.75) is 24.2 Å². The Balaban J connectivity index is 1.41. The van der Waals surface area contributed by atoms with E-state index < -0.39 is 15.8 Å². The van der Waals surface area contributed by atoms with Gasteiger partial charge in [-0.15, -0.1) is 0 Å². The van der Waals surface area contributed by atoms with Gasteiger partial charge in [0.15, 0.2) is 0 Å². The number of hydrogen-bond acceptors (Lipinski definition) is 5. The van der Waals surface area contributed by atoms with Crippen LogP contribution in [0, 0.1) is 11.7 Å². The summed E-state index contributed by atoms with van der Waals surface area (Å²) in [5.41, 5.74) is 0. The van der Waals surface area contributed by atoms with Gasteiger partial charge in [-0.2, -0.15) is 4.31 Å². The zero-order valence-electron chi connectivity index (χ0n) is 17.3. The molecule has 2 heterocycles. The van der Waals surface area contributed by atoms with Gasteiger partial charge in [-0.05, 0) is 51.1 Å². The summed E-state index contributed by atoms with van der Waals surface area (Å²) in [5.74, 6) is -0.842. The van der Waals surface area contributed by atoms with Gasteiger partial charge in [0.1, 0.15) is 5.82 Å². The third-order valence-corrected chi connectivity index (χ3v) is 8.08. The summed E-state index contributed by atoms with van der Waals surface area (Å²) < 4.78 is 40.2. The van der Waals surface area contributed by atoms with Crippen LogP contribution in [0.5, 0.6) is 0 Å². The first kappa shape index (κ1) is 23.4. The molecular formula is C20H30ClFN4O3S. The number of rotatable bonds is 7. The van der Waals surface area contributed by atoms with E-state index in [2.05, 4.69) is 22.2 Å². The molecule has 30 heavy (non-hydrogen) atoms. The molecule has 2 aliphatic heterocycles. The zero-order chi connectivity index (χ0) is 21.7. The maximum absolute atomic E-state index is 13.3. The van der Waals surface area contributed by atoms with Gasteiger partial charge in [-0.25, -0.2) is 12.8 Å². The molecule has 168 valence electrons. The number of piperazine rings is 1. The second-order valence-electron chi connectivity index (χ2n) is 8.04. The van der Waals surface area contributed by atoms with E-state index >= 15 is 0 Å². The fourth-order valence-electron chi connectivity index (χ4n) is 3.87. The van der Waals surface area contributed by atoms with Crippen LogP contribution in [0.25, 0.3) is 0 Å². The van der Waals surface area contributed by atoms with Crippen molar-refractivity contribution in [1.29, 1.82) is 0 Å². The Bertz CT molecular complexity index is 838. The van der Waals surface area contributed by atoms with E-state index in [1.165, 1.54) is 10.4 Å². The van der Waals surface area contributed by atoms with E-state index in [4.69, 9.17) is 11.6 Å². The van der Waals surface area contributed by atoms with E-state index in [-0.39, 0.29) is 34.8 Å². The molecule has 10 heteroatoms. The van der Waals surface area contributed by atoms with Crippen molar-refractivity contribution < 1.29 is 17.6 Å². The molecule has 2 saturated heterocycles. The van der Waals surface area contributed by atoms with Crippen molar-refractivity contribution in [3.63, 3.8) is 0 Å². The summed E-state index contributed by atoms with van der Waals surface area (Å²) >= 11 is 5.72. The van der Waals surface area contributed by atoms with Crippen molar-refractivity contribution in [2.75, 3.05) is 59.4 Å². The number of likely N-dealkylation sites (N-methyl/N-ethyl adjacent to an activating group) is 1. The zero-order valence-corrected chi connectivity index (χ0v) is 18.9. The van der Waals surface area contributed by atoms with Gasteiger partial charge in [-0.3, -0.25) is 4.79 Å². The molecule has 2 fully saturated rings. The molecule has 0 radical (unpaired) electrons. The molecule has 0 aromatic heterocycles. The van der Waals surface area contributed by atoms with Crippen LogP contribution in [0.3, 0.4) is 0 Å². The van der Waals surface area contributed by atoms with Crippen molar-refractivity contribution in [2.24, 2.45) is 5.92 Å². The van der Waals surface area contributed by atoms with E-state index in [9.17, 15) is 17.6 Å². The number of piperidine rings is 1. The van der Waals surface area contributed by atoms with E-state index in [0.717, 1.165) is 51.3 Å². The minimum absolute atomic E-state index is 0.00440. The first-order valence-electron chi connectivity index (χ1n) is 10.4. The Labute approximate surface area is 183 Å². The van der Waals surface area contributed by atoms with Gasteiger partial charge in [0, 0.05) is 51.7 Å². The van der Waals surface area contributed by atoms with Crippen LogP contribution in [0.4, 0.5) is 4.39 Å². The molecule has 0 saturated carbocycles. The minimum Gasteiger partial charge on any atom is -0.356 e. The Kier molecular flexibility index (Phi) is 8.09. The number of carbonyl (C=O) groups excluding carboxylic acids is 1. The van der Waals surface area contributed by atoms with Crippen LogP contribution in [-0.4, -0.2) is 87.8 Å². The lowest BCUT2D eigenvalue weighted by atomic mass is 9.97. The standard InChI is InChI=1S/C20H30ClFN4O3S/c1-24-11-13-25(14-12-24)8-2-7-23-20(27)16-5-9-26(10-6-16)30(28,29)17-3-4-19(22)18(21)15-17/h3-4,15-16H,2,5-14H2,1H3,(H,23,27). The van der Waals surface area contributed by atoms with Gasteiger partial charge < -0.3 is 15.1 Å². The molecule has 3 rings (SSSR count). The molecule has 0 atom stereocenters. The smallest absolute Gasteiger partial charge is 0.243 e. The van der Waals surface area contributed by atoms with Gasteiger partial charge in [0.05, 0.1) is 9.92 Å². The Hall–Kier alpha value is -1.26. The lowest BCUT2D eigenvalue weighted by molar-refractivity contribution is -0.126. The summed E-state index contributed by atoms with van der Waals surface area (Å²) in [5, 5.41) is 2.78. The van der Waals surface area contributed by atoms with Crippen molar-refractivity contribution in [3.05, 3.63) is 29.0 Å². The van der Waals surface area contributed by atoms with Crippen LogP contribution < -0.4 is 5.32 Å². The second kappa shape index (κ2) is 10.4. The highest BCUT2D eigenvalue weighted by Gasteiger charge is 2.32. The summed E-state index contributed by atoms with van der Waals surface area (Å²) in [6, 6.07) is 3.40. The summed E-state index contributed by atoms with van der Waals surface area (Å²) in [7, 11) is -1.62. The SMILES string of the molecule is CN1CCN(CCCNC(=O)C2CCN(S(=O)(=O)c3ccc(F)c(Cl)c3)CC2)CC1. The summed E-state index contributed by atoms with van der Waals surface area (Å²) in [6.07, 6.45) is 1.85. The lowest BCUT2D eigenvalue weighted by Crippen LogP contribution is -2.45. The quantitative estimate of drug-likeness (QED) is 0.626. The van der Waals surface area contributed by atoms with Gasteiger partial charge in [0.2, 0.25) is 15.9 Å². The maximum Gasteiger partial charge on any atom is 0.243 e. The largest absolute Gasteiger partial charge is 0.356 e. The molecule has 1 N–H and O–H groups in total. The molecule has 0 spiro atoms. The number of sulfonamides is 1. The monoisotopic (exact) mass is 460 g/mol. The Morgan fingerprint density at radius 3 is 2.47 bits per heavy atom. The van der Waals surface area contributed by atoms with Gasteiger partial charge >= 0.3 is 0 Å². The van der Waals surface area contributed by atoms with Crippen LogP contribution >= 0.6 is 11.6 Å². The summed E-state index contributed by atoms with van der Waals surface area (Å²) in [6.45, 7) is 6.43. The molecule has 1 aromatic carbocycles. The highest BCUT2D eigenvalue weighted by molar-refractivity contribution is 7.89. The first-order chi connectivity index (χ1) is 14.3. The second-order valence-corrected chi connectivity index (χ2v) is 10.4. The third kappa shape index (κ3) is 5.91. The average molecular weight is 461 g/mol. The maximum atomic E-state index is 13.3. The molecular weight excluding hydrogens is 431 g/mol. The molecule has 2 aliphatic rings. The molecule has 1 amide bonds. The molecule has 1 aromatic rings. The lowest BCUT2D eigenvalue weighted by Gasteiger charge is -2.32. The topological polar surface area (TPSA) is 73.0 Å². The predicted octanol–water partition coefficient (Wildman–Crippen LogP) is 1.63. The highest BCUT2D eigenvalue weighted by Crippen LogP contribution is 2.26. The normalized spacial score (nSPS) is 20.4. The predicted molar refractivity (Wildman–Crippen MR) is 114 cm³/mol. The first-order valence-corrected chi connectivity index (χ1v) is 12.2. The number of amides is 1. The number of carbonyl (C=O) groups is 1. The van der Waals surface area contributed by atoms with Gasteiger partial charge in [0.25, 0.3) is 0 Å². The average Bonchev–Trinajstić information content (AvgIpc) is 2.74. The highest BCUT2D eigenvalue weighted by atomic mass is 35.5. The van der Waals surface area contributed by atoms with E-state index in [0.29, 0.717) is 19.4 Å². The van der Waals surface area contributed by atoms with Gasteiger partial charge in [-0.1, -0.05) is 11.6 Å². The number of nitrogens with one attached hydrogen (secondary N) is 1. The van der Waals surface area contributed by atoms with Crippen LogP contribution in [-0.2, 0) is 14.8 Å². The number of benzene rings is 1. The Morgan fingerprint density at radius 2 is 1.83 bits per heavy atom. The van der Waals surface area contributed by atoms with Crippen molar-refractivity contribution >= 4 is 27.5 Å². The number of nitrogens with zero attached hydrogens (tertiary/aromatic N) is 3. The minimum atomic E-state index is -3.75. The van der Waals surface area contributed by atoms with Crippen LogP contribution in [0.1, 0.15) is 19.3 Å².